The molecule has 0 amide bonds. The molecule has 3 rings (SSSR count). The molecule has 1 N–H and O–H groups in total. The topological polar surface area (TPSA) is 62.1 Å². The summed E-state index contributed by atoms with van der Waals surface area (Å²) in [7, 11) is 6.00. The fourth-order valence-corrected chi connectivity index (χ4v) is 3.40. The quantitative estimate of drug-likeness (QED) is 0.852. The molecule has 0 bridgehead atoms. The molecular weight excluding hydrogens is 326 g/mol. The standard InChI is InChI=1S/C19H31N7/c1-6-15-12-18(22-19(21-15)24(3)4)26-9-7-16(8-10-26)20-13-17-11-14(2)23-25(17)5/h11-12,16,20H,6-10,13H2,1-5H3. The van der Waals surface area contributed by atoms with Crippen LogP contribution in [0.2, 0.25) is 0 Å². The molecule has 2 aromatic heterocycles. The first-order valence-corrected chi connectivity index (χ1v) is 9.49. The third-order valence-corrected chi connectivity index (χ3v) is 5.01. The Balaban J connectivity index is 1.58. The van der Waals surface area contributed by atoms with E-state index in [0.717, 1.165) is 62.1 Å². The number of nitrogens with zero attached hydrogens (tertiary/aromatic N) is 6. The van der Waals surface area contributed by atoms with Crippen LogP contribution in [0.25, 0.3) is 0 Å². The van der Waals surface area contributed by atoms with Crippen LogP contribution in [0.15, 0.2) is 12.1 Å². The highest BCUT2D eigenvalue weighted by atomic mass is 15.3. The first-order valence-electron chi connectivity index (χ1n) is 9.49. The molecule has 0 saturated carbocycles. The maximum atomic E-state index is 4.75. The fraction of sp³-hybridized carbons (Fsp3) is 0.632. The zero-order valence-electron chi connectivity index (χ0n) is 16.7. The number of aryl methyl sites for hydroxylation is 3. The van der Waals surface area contributed by atoms with Gasteiger partial charge in [0.15, 0.2) is 0 Å². The van der Waals surface area contributed by atoms with E-state index >= 15 is 0 Å². The number of hydrogen-bond donors (Lipinski definition) is 1. The van der Waals surface area contributed by atoms with Crippen LogP contribution in [0.4, 0.5) is 11.8 Å². The molecule has 0 radical (unpaired) electrons. The SMILES string of the molecule is CCc1cc(N2CCC(NCc3cc(C)nn3C)CC2)nc(N(C)C)n1. The molecule has 2 aromatic rings. The monoisotopic (exact) mass is 357 g/mol. The van der Waals surface area contributed by atoms with Crippen LogP contribution in [0.5, 0.6) is 0 Å². The van der Waals surface area contributed by atoms with Crippen molar-refractivity contribution in [3.63, 3.8) is 0 Å². The van der Waals surface area contributed by atoms with E-state index in [1.54, 1.807) is 0 Å². The van der Waals surface area contributed by atoms with Gasteiger partial charge in [0.25, 0.3) is 0 Å². The first kappa shape index (κ1) is 18.6. The average molecular weight is 358 g/mol. The highest BCUT2D eigenvalue weighted by molar-refractivity contribution is 5.46. The maximum Gasteiger partial charge on any atom is 0.227 e. The van der Waals surface area contributed by atoms with Gasteiger partial charge in [-0.2, -0.15) is 10.1 Å². The number of anilines is 2. The molecule has 0 atom stereocenters. The molecule has 1 saturated heterocycles. The maximum absolute atomic E-state index is 4.75. The first-order chi connectivity index (χ1) is 12.5. The van der Waals surface area contributed by atoms with Crippen LogP contribution in [0.3, 0.4) is 0 Å². The number of nitrogens with one attached hydrogen (secondary N) is 1. The van der Waals surface area contributed by atoms with Crippen molar-refractivity contribution >= 4 is 11.8 Å². The van der Waals surface area contributed by atoms with Crippen molar-refractivity contribution < 1.29 is 0 Å². The highest BCUT2D eigenvalue weighted by Gasteiger charge is 2.21. The molecule has 1 fully saturated rings. The van der Waals surface area contributed by atoms with Crippen molar-refractivity contribution in [2.45, 2.75) is 45.7 Å². The van der Waals surface area contributed by atoms with Gasteiger partial charge in [-0.25, -0.2) is 4.98 Å². The summed E-state index contributed by atoms with van der Waals surface area (Å²) in [6.45, 7) is 7.10. The number of rotatable bonds is 6. The third-order valence-electron chi connectivity index (χ3n) is 5.01. The molecule has 0 aliphatic carbocycles. The number of aromatic nitrogens is 4. The predicted octanol–water partition coefficient (Wildman–Crippen LogP) is 1.91. The normalized spacial score (nSPS) is 15.5. The highest BCUT2D eigenvalue weighted by Crippen LogP contribution is 2.21. The molecule has 142 valence electrons. The summed E-state index contributed by atoms with van der Waals surface area (Å²) in [5, 5.41) is 8.10. The average Bonchev–Trinajstić information content (AvgIpc) is 2.97. The Bertz CT molecular complexity index is 729. The van der Waals surface area contributed by atoms with Crippen LogP contribution in [-0.4, -0.2) is 53.0 Å². The summed E-state index contributed by atoms with van der Waals surface area (Å²) < 4.78 is 1.97. The van der Waals surface area contributed by atoms with E-state index in [1.165, 1.54) is 5.69 Å². The van der Waals surface area contributed by atoms with E-state index in [2.05, 4.69) is 39.4 Å². The molecule has 26 heavy (non-hydrogen) atoms. The lowest BCUT2D eigenvalue weighted by Gasteiger charge is -2.33. The zero-order chi connectivity index (χ0) is 18.7. The Labute approximate surface area is 156 Å². The van der Waals surface area contributed by atoms with Crippen LogP contribution < -0.4 is 15.1 Å². The molecule has 7 heteroatoms. The summed E-state index contributed by atoms with van der Waals surface area (Å²) in [5.74, 6) is 1.85. The molecule has 7 nitrogen and oxygen atoms in total. The number of piperidine rings is 1. The Hall–Kier alpha value is -2.15. The summed E-state index contributed by atoms with van der Waals surface area (Å²) in [6, 6.07) is 4.83. The second-order valence-corrected chi connectivity index (χ2v) is 7.31. The van der Waals surface area contributed by atoms with Gasteiger partial charge < -0.3 is 15.1 Å². The van der Waals surface area contributed by atoms with Crippen molar-refractivity contribution in [2.24, 2.45) is 7.05 Å². The Morgan fingerprint density at radius 2 is 1.92 bits per heavy atom. The lowest BCUT2D eigenvalue weighted by atomic mass is 10.0. The van der Waals surface area contributed by atoms with Crippen molar-refractivity contribution in [2.75, 3.05) is 37.0 Å². The van der Waals surface area contributed by atoms with Gasteiger partial charge in [-0.1, -0.05) is 6.92 Å². The predicted molar refractivity (Wildman–Crippen MR) is 106 cm³/mol. The Morgan fingerprint density at radius 3 is 2.50 bits per heavy atom. The summed E-state index contributed by atoms with van der Waals surface area (Å²) in [6.07, 6.45) is 3.18. The van der Waals surface area contributed by atoms with E-state index in [9.17, 15) is 0 Å². The van der Waals surface area contributed by atoms with Crippen molar-refractivity contribution in [1.82, 2.24) is 25.1 Å². The zero-order valence-corrected chi connectivity index (χ0v) is 16.7. The second-order valence-electron chi connectivity index (χ2n) is 7.31. The van der Waals surface area contributed by atoms with Gasteiger partial charge in [0, 0.05) is 58.6 Å². The smallest absolute Gasteiger partial charge is 0.227 e. The Morgan fingerprint density at radius 1 is 1.19 bits per heavy atom. The molecular formula is C19H31N7. The largest absolute Gasteiger partial charge is 0.356 e. The fourth-order valence-electron chi connectivity index (χ4n) is 3.40. The molecule has 0 spiro atoms. The summed E-state index contributed by atoms with van der Waals surface area (Å²) in [5.41, 5.74) is 3.42. The minimum atomic E-state index is 0.544. The van der Waals surface area contributed by atoms with Crippen LogP contribution in [-0.2, 0) is 20.0 Å². The van der Waals surface area contributed by atoms with Gasteiger partial charge in [0.1, 0.15) is 5.82 Å². The van der Waals surface area contributed by atoms with E-state index in [0.29, 0.717) is 6.04 Å². The van der Waals surface area contributed by atoms with Crippen LogP contribution >= 0.6 is 0 Å². The van der Waals surface area contributed by atoms with Crippen molar-refractivity contribution in [3.8, 4) is 0 Å². The minimum Gasteiger partial charge on any atom is -0.356 e. The van der Waals surface area contributed by atoms with Gasteiger partial charge in [-0.05, 0) is 32.3 Å². The van der Waals surface area contributed by atoms with Gasteiger partial charge in [-0.15, -0.1) is 0 Å². The van der Waals surface area contributed by atoms with E-state index < -0.39 is 0 Å². The number of hydrogen-bond acceptors (Lipinski definition) is 6. The van der Waals surface area contributed by atoms with E-state index in [1.807, 2.05) is 37.6 Å². The minimum absolute atomic E-state index is 0.544. The second kappa shape index (κ2) is 8.03. The summed E-state index contributed by atoms with van der Waals surface area (Å²) in [4.78, 5) is 13.7. The van der Waals surface area contributed by atoms with Crippen LogP contribution in [0, 0.1) is 6.92 Å². The Kier molecular flexibility index (Phi) is 5.76. The lowest BCUT2D eigenvalue weighted by Crippen LogP contribution is -2.43. The van der Waals surface area contributed by atoms with Crippen LogP contribution in [0.1, 0.15) is 36.8 Å². The van der Waals surface area contributed by atoms with Crippen molar-refractivity contribution in [3.05, 3.63) is 29.2 Å². The molecule has 0 aromatic carbocycles. The van der Waals surface area contributed by atoms with Gasteiger partial charge >= 0.3 is 0 Å². The van der Waals surface area contributed by atoms with Gasteiger partial charge in [-0.3, -0.25) is 4.68 Å². The van der Waals surface area contributed by atoms with Gasteiger partial charge in [0.05, 0.1) is 11.4 Å². The third kappa shape index (κ3) is 4.33. The summed E-state index contributed by atoms with van der Waals surface area (Å²) >= 11 is 0. The van der Waals surface area contributed by atoms with E-state index in [4.69, 9.17) is 4.98 Å². The lowest BCUT2D eigenvalue weighted by molar-refractivity contribution is 0.407. The van der Waals surface area contributed by atoms with Crippen molar-refractivity contribution in [1.29, 1.82) is 0 Å². The molecule has 1 aliphatic heterocycles. The molecule has 0 unspecified atom stereocenters. The van der Waals surface area contributed by atoms with Gasteiger partial charge in [0.2, 0.25) is 5.95 Å². The molecule has 3 heterocycles. The van der Waals surface area contributed by atoms with E-state index in [-0.39, 0.29) is 0 Å². The molecule has 1 aliphatic rings.